The zero-order chi connectivity index (χ0) is 13.3. The van der Waals surface area contributed by atoms with E-state index in [1.54, 1.807) is 19.2 Å². The summed E-state index contributed by atoms with van der Waals surface area (Å²) in [6, 6.07) is 3.40. The fourth-order valence-electron chi connectivity index (χ4n) is 2.15. The van der Waals surface area contributed by atoms with Gasteiger partial charge in [-0.1, -0.05) is 11.6 Å². The van der Waals surface area contributed by atoms with Gasteiger partial charge >= 0.3 is 0 Å². The van der Waals surface area contributed by atoms with Crippen molar-refractivity contribution >= 4 is 17.4 Å². The van der Waals surface area contributed by atoms with Crippen LogP contribution >= 0.6 is 11.6 Å². The quantitative estimate of drug-likeness (QED) is 0.847. The Balaban J connectivity index is 2.47. The zero-order valence-corrected chi connectivity index (χ0v) is 11.2. The lowest BCUT2D eigenvalue weighted by Gasteiger charge is -2.39. The molecule has 18 heavy (non-hydrogen) atoms. The van der Waals surface area contributed by atoms with E-state index < -0.39 is 5.41 Å². The molecule has 2 rings (SSSR count). The van der Waals surface area contributed by atoms with E-state index in [4.69, 9.17) is 26.8 Å². The summed E-state index contributed by atoms with van der Waals surface area (Å²) in [5.41, 5.74) is 6.40. The van der Waals surface area contributed by atoms with E-state index in [1.807, 2.05) is 6.92 Å². The number of halogens is 1. The van der Waals surface area contributed by atoms with Gasteiger partial charge in [0.1, 0.15) is 5.75 Å². The Morgan fingerprint density at radius 2 is 2.22 bits per heavy atom. The standard InChI is InChI=1S/C13H16ClNO3/c1-8-3-9(14)4-10(11(8)17-2)12(16)13(5-15)6-18-7-13/h3-4H,5-7,15H2,1-2H3. The summed E-state index contributed by atoms with van der Waals surface area (Å²) in [5, 5.41) is 0.518. The van der Waals surface area contributed by atoms with Crippen molar-refractivity contribution in [3.8, 4) is 5.75 Å². The molecule has 1 aromatic carbocycles. The highest BCUT2D eigenvalue weighted by atomic mass is 35.5. The molecule has 0 aromatic heterocycles. The van der Waals surface area contributed by atoms with Gasteiger partial charge in [0.05, 0.1) is 31.3 Å². The molecule has 0 atom stereocenters. The molecule has 0 spiro atoms. The highest BCUT2D eigenvalue weighted by molar-refractivity contribution is 6.31. The number of hydrogen-bond acceptors (Lipinski definition) is 4. The van der Waals surface area contributed by atoms with Gasteiger partial charge in [0.15, 0.2) is 5.78 Å². The van der Waals surface area contributed by atoms with Crippen molar-refractivity contribution in [2.45, 2.75) is 6.92 Å². The van der Waals surface area contributed by atoms with Crippen LogP contribution in [-0.4, -0.2) is 32.7 Å². The van der Waals surface area contributed by atoms with Crippen LogP contribution in [0.15, 0.2) is 12.1 Å². The van der Waals surface area contributed by atoms with Gasteiger partial charge in [0, 0.05) is 11.6 Å². The summed E-state index contributed by atoms with van der Waals surface area (Å²) in [4.78, 5) is 12.6. The van der Waals surface area contributed by atoms with E-state index in [2.05, 4.69) is 0 Å². The van der Waals surface area contributed by atoms with Crippen LogP contribution in [0, 0.1) is 12.3 Å². The fourth-order valence-corrected chi connectivity index (χ4v) is 2.42. The van der Waals surface area contributed by atoms with Crippen LogP contribution in [0.5, 0.6) is 5.75 Å². The molecule has 1 aliphatic heterocycles. The third kappa shape index (κ3) is 2.00. The summed E-state index contributed by atoms with van der Waals surface area (Å²) in [5.74, 6) is 0.503. The maximum absolute atomic E-state index is 12.6. The van der Waals surface area contributed by atoms with E-state index in [0.717, 1.165) is 5.56 Å². The summed E-state index contributed by atoms with van der Waals surface area (Å²) in [6.07, 6.45) is 0. The molecule has 2 N–H and O–H groups in total. The molecule has 0 saturated carbocycles. The lowest BCUT2D eigenvalue weighted by molar-refractivity contribution is -0.0816. The number of hydrogen-bond donors (Lipinski definition) is 1. The number of methoxy groups -OCH3 is 1. The lowest BCUT2D eigenvalue weighted by atomic mass is 9.78. The molecule has 0 unspecified atom stereocenters. The fraction of sp³-hybridized carbons (Fsp3) is 0.462. The minimum Gasteiger partial charge on any atom is -0.496 e. The van der Waals surface area contributed by atoms with Crippen LogP contribution in [0.3, 0.4) is 0 Å². The Hall–Kier alpha value is -1.10. The van der Waals surface area contributed by atoms with Crippen LogP contribution < -0.4 is 10.5 Å². The largest absolute Gasteiger partial charge is 0.496 e. The number of nitrogens with two attached hydrogens (primary N) is 1. The van der Waals surface area contributed by atoms with Gasteiger partial charge in [-0.2, -0.15) is 0 Å². The molecule has 98 valence electrons. The smallest absolute Gasteiger partial charge is 0.178 e. The highest BCUT2D eigenvalue weighted by Crippen LogP contribution is 2.36. The number of carbonyl (C=O) groups excluding carboxylic acids is 1. The first-order chi connectivity index (χ1) is 8.54. The predicted octanol–water partition coefficient (Wildman–Crippen LogP) is 1.82. The van der Waals surface area contributed by atoms with Gasteiger partial charge in [-0.05, 0) is 24.6 Å². The Bertz CT molecular complexity index is 478. The number of rotatable bonds is 4. The van der Waals surface area contributed by atoms with E-state index in [0.29, 0.717) is 29.5 Å². The maximum atomic E-state index is 12.6. The molecule has 0 aliphatic carbocycles. The van der Waals surface area contributed by atoms with Crippen molar-refractivity contribution in [1.29, 1.82) is 0 Å². The first-order valence-electron chi connectivity index (χ1n) is 5.71. The number of aryl methyl sites for hydroxylation is 1. The Kier molecular flexibility index (Phi) is 3.61. The predicted molar refractivity (Wildman–Crippen MR) is 69.4 cm³/mol. The van der Waals surface area contributed by atoms with Crippen molar-refractivity contribution in [2.24, 2.45) is 11.1 Å². The number of carbonyl (C=O) groups is 1. The van der Waals surface area contributed by atoms with Crippen LogP contribution in [0.4, 0.5) is 0 Å². The molecule has 0 bridgehead atoms. The monoisotopic (exact) mass is 269 g/mol. The minimum absolute atomic E-state index is 0.0568. The minimum atomic E-state index is -0.621. The van der Waals surface area contributed by atoms with Crippen LogP contribution in [0.1, 0.15) is 15.9 Å². The van der Waals surface area contributed by atoms with Crippen LogP contribution in [0.2, 0.25) is 5.02 Å². The van der Waals surface area contributed by atoms with Crippen molar-refractivity contribution in [3.63, 3.8) is 0 Å². The zero-order valence-electron chi connectivity index (χ0n) is 10.5. The molecule has 1 heterocycles. The Morgan fingerprint density at radius 1 is 1.56 bits per heavy atom. The maximum Gasteiger partial charge on any atom is 0.178 e. The van der Waals surface area contributed by atoms with E-state index in [-0.39, 0.29) is 12.3 Å². The first-order valence-corrected chi connectivity index (χ1v) is 6.08. The third-order valence-electron chi connectivity index (χ3n) is 3.32. The molecular weight excluding hydrogens is 254 g/mol. The van der Waals surface area contributed by atoms with E-state index in [1.165, 1.54) is 0 Å². The summed E-state index contributed by atoms with van der Waals surface area (Å²) in [7, 11) is 1.54. The average Bonchev–Trinajstić information content (AvgIpc) is 2.27. The molecule has 1 saturated heterocycles. The molecule has 0 amide bonds. The molecular formula is C13H16ClNO3. The van der Waals surface area contributed by atoms with Gasteiger partial charge < -0.3 is 15.2 Å². The van der Waals surface area contributed by atoms with Crippen molar-refractivity contribution in [2.75, 3.05) is 26.9 Å². The molecule has 0 radical (unpaired) electrons. The van der Waals surface area contributed by atoms with Crippen molar-refractivity contribution < 1.29 is 14.3 Å². The SMILES string of the molecule is COc1c(C)cc(Cl)cc1C(=O)C1(CN)COC1. The van der Waals surface area contributed by atoms with E-state index >= 15 is 0 Å². The van der Waals surface area contributed by atoms with Gasteiger partial charge in [-0.3, -0.25) is 4.79 Å². The third-order valence-corrected chi connectivity index (χ3v) is 3.54. The van der Waals surface area contributed by atoms with Gasteiger partial charge in [-0.15, -0.1) is 0 Å². The second-order valence-corrected chi connectivity index (χ2v) is 5.05. The van der Waals surface area contributed by atoms with Gasteiger partial charge in [0.25, 0.3) is 0 Å². The Morgan fingerprint density at radius 3 is 2.67 bits per heavy atom. The normalized spacial score (nSPS) is 17.1. The average molecular weight is 270 g/mol. The highest BCUT2D eigenvalue weighted by Gasteiger charge is 2.45. The molecule has 1 aromatic rings. The number of benzene rings is 1. The second kappa shape index (κ2) is 4.88. The second-order valence-electron chi connectivity index (χ2n) is 4.61. The lowest BCUT2D eigenvalue weighted by Crippen LogP contribution is -2.54. The molecule has 5 heteroatoms. The number of Topliss-reactive ketones (excluding diaryl/α,β-unsaturated/α-hetero) is 1. The molecule has 4 nitrogen and oxygen atoms in total. The number of ether oxygens (including phenoxy) is 2. The van der Waals surface area contributed by atoms with Crippen LogP contribution in [0.25, 0.3) is 0 Å². The van der Waals surface area contributed by atoms with Gasteiger partial charge in [0.2, 0.25) is 0 Å². The van der Waals surface area contributed by atoms with Gasteiger partial charge in [-0.25, -0.2) is 0 Å². The van der Waals surface area contributed by atoms with E-state index in [9.17, 15) is 4.79 Å². The summed E-state index contributed by atoms with van der Waals surface area (Å²) >= 11 is 6.01. The van der Waals surface area contributed by atoms with Crippen molar-refractivity contribution in [3.05, 3.63) is 28.3 Å². The molecule has 1 fully saturated rings. The topological polar surface area (TPSA) is 61.5 Å². The Labute approximate surface area is 111 Å². The molecule has 1 aliphatic rings. The summed E-state index contributed by atoms with van der Waals surface area (Å²) in [6.45, 7) is 2.84. The first kappa shape index (κ1) is 13.3. The number of ketones is 1. The summed E-state index contributed by atoms with van der Waals surface area (Å²) < 4.78 is 10.4. The van der Waals surface area contributed by atoms with Crippen molar-refractivity contribution in [1.82, 2.24) is 0 Å². The van der Waals surface area contributed by atoms with Crippen LogP contribution in [-0.2, 0) is 4.74 Å².